The molecule has 1 aliphatic heterocycles. The minimum atomic E-state index is -1.91. The summed E-state index contributed by atoms with van der Waals surface area (Å²) in [4.78, 5) is 263. The fraction of sp³-hybridized carbons (Fsp3) is 0.765. The number of cyclic esters (lactones) is 1. The average Bonchev–Trinajstić information content (AvgIpc) is 0.846. The summed E-state index contributed by atoms with van der Waals surface area (Å²) in [5, 5.41) is 66.0. The van der Waals surface area contributed by atoms with Gasteiger partial charge in [-0.15, -0.1) is 0 Å². The molecule has 16 atom stereocenters. The lowest BCUT2D eigenvalue weighted by molar-refractivity contribution is -0.152. The molecule has 0 bridgehead atoms. The van der Waals surface area contributed by atoms with Gasteiger partial charge in [0.05, 0.1) is 19.1 Å². The van der Waals surface area contributed by atoms with Crippen molar-refractivity contribution in [1.29, 1.82) is 0 Å². The zero-order valence-corrected chi connectivity index (χ0v) is 73.6. The molecular weight excluding hydrogens is 1580 g/mol. The topological polar surface area (TPSA) is 641 Å². The highest BCUT2D eigenvalue weighted by molar-refractivity contribution is 6.01. The number of amides is 17. The van der Waals surface area contributed by atoms with Gasteiger partial charge in [-0.05, 0) is 105 Å². The van der Waals surface area contributed by atoms with Gasteiger partial charge in [-0.1, -0.05) is 156 Å². The molecule has 17 amide bonds. The summed E-state index contributed by atoms with van der Waals surface area (Å²) in [6.07, 6.45) is -0.744. The summed E-state index contributed by atoms with van der Waals surface area (Å²) in [6, 6.07) is -22.0. The Labute approximate surface area is 709 Å². The van der Waals surface area contributed by atoms with Gasteiger partial charge in [-0.25, -0.2) is 4.79 Å². The van der Waals surface area contributed by atoms with Crippen LogP contribution < -0.4 is 91.6 Å². The van der Waals surface area contributed by atoms with E-state index in [1.54, 1.807) is 83.1 Å². The molecule has 0 aliphatic carbocycles. The maximum absolute atomic E-state index is 14.7. The highest BCUT2D eigenvalue weighted by Gasteiger charge is 2.42. The molecule has 688 valence electrons. The summed E-state index contributed by atoms with van der Waals surface area (Å²) in [6.45, 7) is 26.4. The fourth-order valence-electron chi connectivity index (χ4n) is 12.9. The quantitative estimate of drug-likeness (QED) is 0.0238. The Balaban J connectivity index is 3.79. The van der Waals surface area contributed by atoms with Gasteiger partial charge in [0.2, 0.25) is 100 Å². The molecule has 121 heavy (non-hydrogen) atoms. The van der Waals surface area contributed by atoms with Gasteiger partial charge in [-0.2, -0.15) is 0 Å². The number of nitrogens with one attached hydrogen (secondary N) is 14. The molecular formula is C81H141N17O23. The van der Waals surface area contributed by atoms with Crippen molar-refractivity contribution in [1.82, 2.24) is 74.4 Å². The van der Waals surface area contributed by atoms with Crippen LogP contribution in [-0.2, 0) is 95.8 Å². The van der Waals surface area contributed by atoms with E-state index in [4.69, 9.17) is 21.9 Å². The molecule has 1 saturated heterocycles. The minimum absolute atomic E-state index is 0.0207. The minimum Gasteiger partial charge on any atom is -0.481 e. The number of hydrogen-bond acceptors (Lipinski definition) is 22. The normalized spacial score (nSPS) is 19.0. The van der Waals surface area contributed by atoms with Crippen molar-refractivity contribution >= 4 is 112 Å². The van der Waals surface area contributed by atoms with Crippen molar-refractivity contribution < 1.29 is 111 Å². The molecule has 0 spiro atoms. The van der Waals surface area contributed by atoms with Crippen molar-refractivity contribution in [3.8, 4) is 0 Å². The molecule has 1 aliphatic rings. The molecule has 0 radical (unpaired) electrons. The number of nitrogens with two attached hydrogens (primary N) is 3. The van der Waals surface area contributed by atoms with Crippen molar-refractivity contribution in [3.63, 3.8) is 0 Å². The van der Waals surface area contributed by atoms with Crippen LogP contribution in [0.4, 0.5) is 0 Å². The lowest BCUT2D eigenvalue weighted by atomic mass is 9.98. The van der Waals surface area contributed by atoms with Crippen LogP contribution in [0.1, 0.15) is 246 Å². The first kappa shape index (κ1) is 109. The third-order valence-electron chi connectivity index (χ3n) is 20.0. The second-order valence-electron chi connectivity index (χ2n) is 34.1. The third kappa shape index (κ3) is 42.3. The highest BCUT2D eigenvalue weighted by Crippen LogP contribution is 2.19. The standard InChI is InChI=1S/C81H141N17O23/c1-18-20-21-22-23-24-48(100)37-62(104)85-53(33-40(3)4)72(111)89-52(28-32-63(105)106)68(107)86-50(26-30-60(83)102)70(109)95-64(44(11)12)78(117)91-55(35-42(7)8)74(113)88-51(27-31-61(84)103)71(110)96-65(45(13)14)79(118)90-54(34-41(5)6)73(112)87-49(25-29-59(82)101)69(108)94-58-39-121-81(120)67(47(17)19-2)98-76(115)57(38-99)93-75(114)56(36-43(9)10)92-80(119)66(46(15)16)97-77(58)116/h40-58,64-67,99-100H,18-39H2,1-17H3,(H2,82,101)(H2,83,102)(H2,84,103)(H,85,104)(H,86,107)(H,87,112)(H,88,113)(H,89,111)(H,90,118)(H,91,117)(H,92,119)(H,93,114)(H,94,108)(H,95,109)(H,96,110)(H,97,116)(H,98,115)(H,105,106)/t47-,48+,49-,50+,51-,52-,53-,54+,55-,56-,57-,58-,64+,65-,66-,67+/m1/s1. The van der Waals surface area contributed by atoms with Crippen LogP contribution in [0.2, 0.25) is 0 Å². The summed E-state index contributed by atoms with van der Waals surface area (Å²) in [5.41, 5.74) is 16.6. The molecule has 40 heteroatoms. The number of rotatable bonds is 53. The molecule has 1 fully saturated rings. The number of aliphatic hydroxyl groups is 2. The largest absolute Gasteiger partial charge is 0.481 e. The van der Waals surface area contributed by atoms with Gasteiger partial charge in [0.25, 0.3) is 0 Å². The van der Waals surface area contributed by atoms with E-state index in [9.17, 15) is 106 Å². The number of ether oxygens (including phenoxy) is 1. The van der Waals surface area contributed by atoms with Crippen molar-refractivity contribution in [2.75, 3.05) is 13.2 Å². The lowest BCUT2D eigenvalue weighted by Crippen LogP contribution is -2.63. The maximum Gasteiger partial charge on any atom is 0.329 e. The summed E-state index contributed by atoms with van der Waals surface area (Å²) in [7, 11) is 0. The molecule has 0 unspecified atom stereocenters. The fourth-order valence-corrected chi connectivity index (χ4v) is 12.9. The van der Waals surface area contributed by atoms with Crippen LogP contribution in [0.5, 0.6) is 0 Å². The van der Waals surface area contributed by atoms with E-state index in [1.807, 2.05) is 0 Å². The Morgan fingerprint density at radius 3 is 1.17 bits per heavy atom. The first-order valence-electron chi connectivity index (χ1n) is 42.2. The highest BCUT2D eigenvalue weighted by atomic mass is 16.5. The number of primary amides is 3. The van der Waals surface area contributed by atoms with Gasteiger partial charge < -0.3 is 112 Å². The lowest BCUT2D eigenvalue weighted by Gasteiger charge is -2.31. The average molecular weight is 1720 g/mol. The van der Waals surface area contributed by atoms with E-state index >= 15 is 0 Å². The number of unbranched alkanes of at least 4 members (excludes halogenated alkanes) is 4. The first-order valence-corrected chi connectivity index (χ1v) is 42.2. The number of carboxylic acids is 1. The Bertz CT molecular complexity index is 3480. The number of carboxylic acid groups (broad SMARTS) is 1. The van der Waals surface area contributed by atoms with E-state index in [0.717, 1.165) is 25.7 Å². The number of carbonyl (C=O) groups is 19. The molecule has 0 aromatic rings. The number of aliphatic hydroxyl groups excluding tert-OH is 2. The number of carbonyl (C=O) groups excluding carboxylic acids is 18. The van der Waals surface area contributed by atoms with Crippen molar-refractivity contribution in [3.05, 3.63) is 0 Å². The monoisotopic (exact) mass is 1720 g/mol. The van der Waals surface area contributed by atoms with E-state index < -0.39 is 297 Å². The predicted octanol–water partition coefficient (Wildman–Crippen LogP) is -1.71. The molecule has 23 N–H and O–H groups in total. The Kier molecular flexibility index (Phi) is 50.1. The van der Waals surface area contributed by atoms with Crippen molar-refractivity contribution in [2.45, 2.75) is 337 Å². The van der Waals surface area contributed by atoms with Crippen LogP contribution in [0.15, 0.2) is 0 Å². The number of esters is 1. The maximum atomic E-state index is 14.7. The Hall–Kier alpha value is -10.1. The second-order valence-corrected chi connectivity index (χ2v) is 34.1. The van der Waals surface area contributed by atoms with E-state index in [0.29, 0.717) is 12.8 Å². The van der Waals surface area contributed by atoms with Crippen LogP contribution >= 0.6 is 0 Å². The molecule has 0 saturated carbocycles. The third-order valence-corrected chi connectivity index (χ3v) is 20.0. The Morgan fingerprint density at radius 2 is 0.793 bits per heavy atom. The molecule has 1 rings (SSSR count). The molecule has 0 aromatic heterocycles. The van der Waals surface area contributed by atoms with Crippen LogP contribution in [-0.4, -0.2) is 232 Å². The molecule has 40 nitrogen and oxygen atoms in total. The SMILES string of the molecule is CCCCCCC[C@H](O)CC(=O)N[C@H](CC(C)C)C(=O)N[C@H](CCC(=O)O)C(=O)N[C@@H](CCC(N)=O)C(=O)N[C@H](C(=O)N[C@H](CC(C)C)C(=O)N[C@H](CCC(N)=O)C(=O)N[C@@H](C(=O)N[C@@H](CC(C)C)C(=O)N[C@H](CCC(N)=O)C(=O)N[C@@H]1COC(=O)[C@H]([C@H](C)CC)NC(=O)[C@@H](CO)NC(=O)[C@@H](CC(C)C)NC(=O)[C@@H](C(C)C)NC1=O)C(C)C)C(C)C. The predicted molar refractivity (Wildman–Crippen MR) is 443 cm³/mol. The smallest absolute Gasteiger partial charge is 0.329 e. The number of hydrogen-bond donors (Lipinski definition) is 20. The molecule has 1 heterocycles. The van der Waals surface area contributed by atoms with Gasteiger partial charge in [-0.3, -0.25) is 86.3 Å². The van der Waals surface area contributed by atoms with Gasteiger partial charge in [0, 0.05) is 25.7 Å². The van der Waals surface area contributed by atoms with E-state index in [-0.39, 0.29) is 56.3 Å². The second kappa shape index (κ2) is 55.7. The Morgan fingerprint density at radius 1 is 0.421 bits per heavy atom. The van der Waals surface area contributed by atoms with Crippen molar-refractivity contribution in [2.24, 2.45) is 64.5 Å². The molecule has 0 aromatic carbocycles. The first-order chi connectivity index (χ1) is 56.5. The van der Waals surface area contributed by atoms with E-state index in [1.165, 1.54) is 27.7 Å². The van der Waals surface area contributed by atoms with Crippen LogP contribution in [0.3, 0.4) is 0 Å². The zero-order chi connectivity index (χ0) is 92.4. The van der Waals surface area contributed by atoms with Crippen LogP contribution in [0, 0.1) is 47.3 Å². The van der Waals surface area contributed by atoms with Gasteiger partial charge >= 0.3 is 11.9 Å². The van der Waals surface area contributed by atoms with E-state index in [2.05, 4.69) is 81.4 Å². The van der Waals surface area contributed by atoms with Gasteiger partial charge in [0.1, 0.15) is 91.2 Å². The van der Waals surface area contributed by atoms with Crippen LogP contribution in [0.25, 0.3) is 0 Å². The summed E-state index contributed by atoms with van der Waals surface area (Å²) >= 11 is 0. The number of aliphatic carboxylic acids is 1. The zero-order valence-electron chi connectivity index (χ0n) is 73.6. The summed E-state index contributed by atoms with van der Waals surface area (Å²) < 4.78 is 5.60. The summed E-state index contributed by atoms with van der Waals surface area (Å²) in [5.74, 6) is -23.4. The van der Waals surface area contributed by atoms with Gasteiger partial charge in [0.15, 0.2) is 0 Å².